The molecule has 3 rings (SSSR count). The minimum atomic E-state index is -0.638. The summed E-state index contributed by atoms with van der Waals surface area (Å²) in [6.07, 6.45) is 7.08. The summed E-state index contributed by atoms with van der Waals surface area (Å²) in [5.74, 6) is -0.116. The standard InChI is InChI=1S/C21H25N3O3S/c1-2-14-23(17-11-6-7-12-18(17)24(26)27)20(19-13-8-15-28-19)21(25)22-16-9-4-3-5-10-16/h2,6-8,11-13,15-16,20H,1,3-5,9-10,14H2,(H,22,25). The molecule has 7 heteroatoms. The number of anilines is 1. The Labute approximate surface area is 169 Å². The van der Waals surface area contributed by atoms with Gasteiger partial charge in [-0.2, -0.15) is 0 Å². The fourth-order valence-corrected chi connectivity index (χ4v) is 4.58. The van der Waals surface area contributed by atoms with Crippen molar-refractivity contribution in [2.45, 2.75) is 44.2 Å². The number of carbonyl (C=O) groups excluding carboxylic acids is 1. The van der Waals surface area contributed by atoms with Gasteiger partial charge in [-0.3, -0.25) is 14.9 Å². The number of hydrogen-bond donors (Lipinski definition) is 1. The highest BCUT2D eigenvalue weighted by atomic mass is 32.1. The highest BCUT2D eigenvalue weighted by Gasteiger charge is 2.33. The summed E-state index contributed by atoms with van der Waals surface area (Å²) >= 11 is 1.48. The Morgan fingerprint density at radius 3 is 2.68 bits per heavy atom. The Bertz CT molecular complexity index is 816. The molecule has 0 spiro atoms. The molecule has 0 saturated heterocycles. The maximum Gasteiger partial charge on any atom is 0.292 e. The van der Waals surface area contributed by atoms with Gasteiger partial charge in [0.2, 0.25) is 5.91 Å². The average molecular weight is 400 g/mol. The van der Waals surface area contributed by atoms with Crippen LogP contribution in [0, 0.1) is 10.1 Å². The number of nitrogens with zero attached hydrogens (tertiary/aromatic N) is 2. The van der Waals surface area contributed by atoms with Crippen LogP contribution in [0.4, 0.5) is 11.4 Å². The third-order valence-corrected chi connectivity index (χ3v) is 5.96. The fourth-order valence-electron chi connectivity index (χ4n) is 3.74. The van der Waals surface area contributed by atoms with Gasteiger partial charge in [0, 0.05) is 23.5 Å². The molecule has 0 radical (unpaired) electrons. The molecule has 1 N–H and O–H groups in total. The van der Waals surface area contributed by atoms with Crippen LogP contribution in [0.25, 0.3) is 0 Å². The Morgan fingerprint density at radius 1 is 1.29 bits per heavy atom. The molecule has 1 atom stereocenters. The zero-order valence-electron chi connectivity index (χ0n) is 15.8. The molecule has 0 bridgehead atoms. The highest BCUT2D eigenvalue weighted by molar-refractivity contribution is 7.10. The monoisotopic (exact) mass is 399 g/mol. The molecule has 0 aliphatic heterocycles. The van der Waals surface area contributed by atoms with Crippen LogP contribution in [0.1, 0.15) is 43.0 Å². The molecular formula is C21H25N3O3S. The van der Waals surface area contributed by atoms with E-state index in [9.17, 15) is 14.9 Å². The van der Waals surface area contributed by atoms with Crippen LogP contribution in [-0.4, -0.2) is 23.4 Å². The van der Waals surface area contributed by atoms with Gasteiger partial charge in [0.15, 0.2) is 0 Å². The second kappa shape index (κ2) is 9.50. The SMILES string of the molecule is C=CCN(c1ccccc1[N+](=O)[O-])C(C(=O)NC1CCCCC1)c1cccs1. The minimum Gasteiger partial charge on any atom is -0.351 e. The van der Waals surface area contributed by atoms with Crippen LogP contribution in [0.15, 0.2) is 54.4 Å². The Balaban J connectivity index is 1.98. The number of thiophene rings is 1. The van der Waals surface area contributed by atoms with Crippen LogP contribution < -0.4 is 10.2 Å². The van der Waals surface area contributed by atoms with E-state index < -0.39 is 11.0 Å². The molecule has 1 aliphatic carbocycles. The lowest BCUT2D eigenvalue weighted by Crippen LogP contribution is -2.45. The van der Waals surface area contributed by atoms with Crippen molar-refractivity contribution in [2.24, 2.45) is 0 Å². The number of hydrogen-bond acceptors (Lipinski definition) is 5. The van der Waals surface area contributed by atoms with Crippen LogP contribution in [0.5, 0.6) is 0 Å². The third kappa shape index (κ3) is 4.59. The summed E-state index contributed by atoms with van der Waals surface area (Å²) in [4.78, 5) is 27.1. The van der Waals surface area contributed by atoms with Gasteiger partial charge in [-0.05, 0) is 30.4 Å². The lowest BCUT2D eigenvalue weighted by molar-refractivity contribution is -0.384. The topological polar surface area (TPSA) is 75.5 Å². The average Bonchev–Trinajstić information content (AvgIpc) is 3.22. The van der Waals surface area contributed by atoms with Crippen LogP contribution in [0.2, 0.25) is 0 Å². The first-order chi connectivity index (χ1) is 13.6. The number of carbonyl (C=O) groups is 1. The number of nitro groups is 1. The quantitative estimate of drug-likeness (QED) is 0.391. The number of benzene rings is 1. The van der Waals surface area contributed by atoms with E-state index in [1.165, 1.54) is 23.8 Å². The first-order valence-corrected chi connectivity index (χ1v) is 10.4. The van der Waals surface area contributed by atoms with Gasteiger partial charge in [0.05, 0.1) is 4.92 Å². The van der Waals surface area contributed by atoms with E-state index in [1.807, 2.05) is 17.5 Å². The zero-order valence-corrected chi connectivity index (χ0v) is 16.6. The van der Waals surface area contributed by atoms with E-state index in [1.54, 1.807) is 29.2 Å². The largest absolute Gasteiger partial charge is 0.351 e. The molecule has 1 saturated carbocycles. The molecule has 28 heavy (non-hydrogen) atoms. The second-order valence-corrected chi connectivity index (χ2v) is 7.93. The van der Waals surface area contributed by atoms with Crippen molar-refractivity contribution in [1.29, 1.82) is 0 Å². The van der Waals surface area contributed by atoms with Crippen LogP contribution >= 0.6 is 11.3 Å². The molecule has 1 aliphatic rings. The van der Waals surface area contributed by atoms with Crippen LogP contribution in [0.3, 0.4) is 0 Å². The third-order valence-electron chi connectivity index (χ3n) is 5.04. The van der Waals surface area contributed by atoms with Crippen molar-refractivity contribution in [2.75, 3.05) is 11.4 Å². The summed E-state index contributed by atoms with van der Waals surface area (Å²) < 4.78 is 0. The lowest BCUT2D eigenvalue weighted by Gasteiger charge is -2.33. The van der Waals surface area contributed by atoms with E-state index in [4.69, 9.17) is 0 Å². The van der Waals surface area contributed by atoms with Crippen molar-refractivity contribution in [3.8, 4) is 0 Å². The predicted molar refractivity (Wildman–Crippen MR) is 113 cm³/mol. The van der Waals surface area contributed by atoms with Gasteiger partial charge < -0.3 is 10.2 Å². The highest BCUT2D eigenvalue weighted by Crippen LogP contribution is 2.36. The van der Waals surface area contributed by atoms with Gasteiger partial charge in [0.25, 0.3) is 5.69 Å². The molecule has 1 amide bonds. The number of rotatable bonds is 8. The van der Waals surface area contributed by atoms with Gasteiger partial charge in [-0.1, -0.05) is 43.5 Å². The second-order valence-electron chi connectivity index (χ2n) is 6.95. The summed E-state index contributed by atoms with van der Waals surface area (Å²) in [6.45, 7) is 4.12. The maximum absolute atomic E-state index is 13.3. The summed E-state index contributed by atoms with van der Waals surface area (Å²) in [5, 5.41) is 16.7. The number of nitro benzene ring substituents is 1. The van der Waals surface area contributed by atoms with E-state index >= 15 is 0 Å². The van der Waals surface area contributed by atoms with Crippen molar-refractivity contribution in [3.63, 3.8) is 0 Å². The molecule has 1 aromatic carbocycles. The van der Waals surface area contributed by atoms with E-state index in [2.05, 4.69) is 11.9 Å². The van der Waals surface area contributed by atoms with Gasteiger partial charge in [-0.15, -0.1) is 17.9 Å². The molecule has 2 aromatic rings. The Kier molecular flexibility index (Phi) is 6.81. The van der Waals surface area contributed by atoms with E-state index in [0.29, 0.717) is 12.2 Å². The summed E-state index contributed by atoms with van der Waals surface area (Å²) in [7, 11) is 0. The lowest BCUT2D eigenvalue weighted by atomic mass is 9.95. The molecule has 148 valence electrons. The zero-order chi connectivity index (χ0) is 19.9. The first-order valence-electron chi connectivity index (χ1n) is 9.56. The molecule has 1 fully saturated rings. The van der Waals surface area contributed by atoms with Gasteiger partial charge in [-0.25, -0.2) is 0 Å². The first kappa shape index (κ1) is 20.1. The number of amides is 1. The predicted octanol–water partition coefficient (Wildman–Crippen LogP) is 4.84. The van der Waals surface area contributed by atoms with E-state index in [-0.39, 0.29) is 17.6 Å². The maximum atomic E-state index is 13.3. The number of nitrogens with one attached hydrogen (secondary N) is 1. The Hall–Kier alpha value is -2.67. The van der Waals surface area contributed by atoms with Crippen molar-refractivity contribution in [1.82, 2.24) is 5.32 Å². The van der Waals surface area contributed by atoms with Crippen LogP contribution in [-0.2, 0) is 4.79 Å². The molecule has 1 heterocycles. The molecule has 1 unspecified atom stereocenters. The molecule has 1 aromatic heterocycles. The Morgan fingerprint density at radius 2 is 2.04 bits per heavy atom. The summed E-state index contributed by atoms with van der Waals surface area (Å²) in [6, 6.07) is 9.87. The van der Waals surface area contributed by atoms with E-state index in [0.717, 1.165) is 30.6 Å². The summed E-state index contributed by atoms with van der Waals surface area (Å²) in [5.41, 5.74) is 0.404. The molecule has 6 nitrogen and oxygen atoms in total. The number of para-hydroxylation sites is 2. The van der Waals surface area contributed by atoms with Gasteiger partial charge >= 0.3 is 0 Å². The fraction of sp³-hybridized carbons (Fsp3) is 0.381. The van der Waals surface area contributed by atoms with Crippen molar-refractivity contribution >= 4 is 28.6 Å². The van der Waals surface area contributed by atoms with Crippen molar-refractivity contribution < 1.29 is 9.72 Å². The smallest absolute Gasteiger partial charge is 0.292 e. The van der Waals surface area contributed by atoms with Crippen molar-refractivity contribution in [3.05, 3.63) is 69.4 Å². The minimum absolute atomic E-state index is 0.0172. The normalized spacial score (nSPS) is 15.6. The molecular weight excluding hydrogens is 374 g/mol. The van der Waals surface area contributed by atoms with Gasteiger partial charge in [0.1, 0.15) is 11.7 Å².